The van der Waals surface area contributed by atoms with E-state index in [1.807, 2.05) is 0 Å². The quantitative estimate of drug-likeness (QED) is 0.283. The van der Waals surface area contributed by atoms with Gasteiger partial charge in [-0.2, -0.15) is 0 Å². The highest BCUT2D eigenvalue weighted by atomic mass is 16.5. The summed E-state index contributed by atoms with van der Waals surface area (Å²) in [5.41, 5.74) is 0.847. The Kier molecular flexibility index (Phi) is 5.51. The second-order valence-electron chi connectivity index (χ2n) is 6.95. The van der Waals surface area contributed by atoms with Gasteiger partial charge in [0.25, 0.3) is 11.7 Å². The first-order chi connectivity index (χ1) is 15.5. The van der Waals surface area contributed by atoms with Crippen molar-refractivity contribution in [3.8, 4) is 5.75 Å². The number of methoxy groups -OCH3 is 2. The zero-order valence-corrected chi connectivity index (χ0v) is 17.3. The Morgan fingerprint density at radius 3 is 2.38 bits per heavy atom. The number of hydrogen-bond donors (Lipinski definition) is 1. The maximum absolute atomic E-state index is 13.0. The summed E-state index contributed by atoms with van der Waals surface area (Å²) < 4.78 is 15.4. The number of aliphatic hydroxyl groups is 1. The molecule has 0 bridgehead atoms. The molecule has 1 fully saturated rings. The fourth-order valence-corrected chi connectivity index (χ4v) is 3.62. The number of furan rings is 1. The highest BCUT2D eigenvalue weighted by Crippen LogP contribution is 2.42. The van der Waals surface area contributed by atoms with E-state index in [0.717, 1.165) is 0 Å². The zero-order valence-electron chi connectivity index (χ0n) is 17.3. The van der Waals surface area contributed by atoms with Crippen molar-refractivity contribution in [2.24, 2.45) is 0 Å². The first-order valence-electron chi connectivity index (χ1n) is 9.63. The molecule has 4 rings (SSSR count). The van der Waals surface area contributed by atoms with Crippen molar-refractivity contribution in [3.63, 3.8) is 0 Å². The van der Waals surface area contributed by atoms with E-state index in [2.05, 4.69) is 0 Å². The van der Waals surface area contributed by atoms with Crippen LogP contribution < -0.4 is 9.64 Å². The molecular weight excluding hydrogens is 414 g/mol. The summed E-state index contributed by atoms with van der Waals surface area (Å²) in [4.78, 5) is 39.0. The average molecular weight is 433 g/mol. The Bertz CT molecular complexity index is 1210. The van der Waals surface area contributed by atoms with E-state index in [0.29, 0.717) is 28.3 Å². The van der Waals surface area contributed by atoms with Crippen LogP contribution >= 0.6 is 0 Å². The van der Waals surface area contributed by atoms with Crippen LogP contribution in [-0.4, -0.2) is 37.0 Å². The Morgan fingerprint density at radius 2 is 1.75 bits per heavy atom. The number of esters is 1. The summed E-state index contributed by atoms with van der Waals surface area (Å²) in [6.07, 6.45) is 1.42. The molecule has 1 amide bonds. The number of nitrogens with zero attached hydrogens (tertiary/aromatic N) is 1. The number of benzene rings is 2. The zero-order chi connectivity index (χ0) is 22.8. The molecule has 162 valence electrons. The first-order valence-corrected chi connectivity index (χ1v) is 9.63. The number of amides is 1. The van der Waals surface area contributed by atoms with Gasteiger partial charge in [-0.15, -0.1) is 0 Å². The fourth-order valence-electron chi connectivity index (χ4n) is 3.62. The average Bonchev–Trinajstić information content (AvgIpc) is 3.45. The van der Waals surface area contributed by atoms with Crippen molar-refractivity contribution in [3.05, 3.63) is 89.4 Å². The normalized spacial score (nSPS) is 17.4. The number of rotatable bonds is 5. The molecule has 2 heterocycles. The van der Waals surface area contributed by atoms with E-state index in [9.17, 15) is 19.5 Å². The molecule has 8 nitrogen and oxygen atoms in total. The number of carbonyl (C=O) groups excluding carboxylic acids is 3. The largest absolute Gasteiger partial charge is 0.507 e. The van der Waals surface area contributed by atoms with Crippen molar-refractivity contribution in [2.75, 3.05) is 19.1 Å². The molecule has 32 heavy (non-hydrogen) atoms. The third-order valence-corrected chi connectivity index (χ3v) is 5.17. The van der Waals surface area contributed by atoms with E-state index in [1.165, 1.54) is 49.6 Å². The maximum Gasteiger partial charge on any atom is 0.337 e. The summed E-state index contributed by atoms with van der Waals surface area (Å²) >= 11 is 0. The van der Waals surface area contributed by atoms with Crippen LogP contribution in [0.4, 0.5) is 5.69 Å². The summed E-state index contributed by atoms with van der Waals surface area (Å²) in [7, 11) is 2.75. The van der Waals surface area contributed by atoms with Crippen molar-refractivity contribution in [1.82, 2.24) is 0 Å². The highest BCUT2D eigenvalue weighted by Gasteiger charge is 2.48. The van der Waals surface area contributed by atoms with Gasteiger partial charge in [0.05, 0.1) is 31.6 Å². The SMILES string of the molecule is COC(=O)c1ccc(N2C(=O)C(=O)/C(=C(\O)c3cccc(OC)c3)C2c2ccco2)cc1. The predicted molar refractivity (Wildman–Crippen MR) is 114 cm³/mol. The van der Waals surface area contributed by atoms with Crippen molar-refractivity contribution in [2.45, 2.75) is 6.04 Å². The van der Waals surface area contributed by atoms with Crippen LogP contribution in [-0.2, 0) is 14.3 Å². The third-order valence-electron chi connectivity index (χ3n) is 5.17. The fraction of sp³-hybridized carbons (Fsp3) is 0.125. The van der Waals surface area contributed by atoms with Crippen LogP contribution in [0.25, 0.3) is 5.76 Å². The van der Waals surface area contributed by atoms with Crippen LogP contribution in [0.5, 0.6) is 5.75 Å². The van der Waals surface area contributed by atoms with Crippen LogP contribution in [0.2, 0.25) is 0 Å². The number of hydrogen-bond acceptors (Lipinski definition) is 7. The van der Waals surface area contributed by atoms with E-state index in [-0.39, 0.29) is 11.3 Å². The molecular formula is C24H19NO7. The molecule has 1 aromatic heterocycles. The van der Waals surface area contributed by atoms with Gasteiger partial charge in [0.2, 0.25) is 0 Å². The van der Waals surface area contributed by atoms with Gasteiger partial charge in [-0.1, -0.05) is 12.1 Å². The van der Waals surface area contributed by atoms with Gasteiger partial charge < -0.3 is 19.0 Å². The molecule has 8 heteroatoms. The van der Waals surface area contributed by atoms with E-state index in [1.54, 1.807) is 36.4 Å². The lowest BCUT2D eigenvalue weighted by Gasteiger charge is -2.23. The number of ether oxygens (including phenoxy) is 2. The number of aliphatic hydroxyl groups excluding tert-OH is 1. The molecule has 2 aromatic carbocycles. The van der Waals surface area contributed by atoms with Crippen LogP contribution in [0, 0.1) is 0 Å². The number of anilines is 1. The Balaban J connectivity index is 1.86. The smallest absolute Gasteiger partial charge is 0.337 e. The number of carbonyl (C=O) groups is 3. The van der Waals surface area contributed by atoms with E-state index >= 15 is 0 Å². The van der Waals surface area contributed by atoms with E-state index in [4.69, 9.17) is 13.9 Å². The second kappa shape index (κ2) is 8.43. The minimum atomic E-state index is -1.000. The van der Waals surface area contributed by atoms with Crippen LogP contribution in [0.15, 0.2) is 76.9 Å². The van der Waals surface area contributed by atoms with Gasteiger partial charge in [0.1, 0.15) is 23.3 Å². The molecule has 1 N–H and O–H groups in total. The maximum atomic E-state index is 13.0. The van der Waals surface area contributed by atoms with Crippen LogP contribution in [0.1, 0.15) is 27.7 Å². The van der Waals surface area contributed by atoms with Crippen molar-refractivity contribution in [1.29, 1.82) is 0 Å². The van der Waals surface area contributed by atoms with Crippen molar-refractivity contribution >= 4 is 29.1 Å². The molecule has 3 aromatic rings. The number of ketones is 1. The molecule has 0 saturated carbocycles. The number of Topliss-reactive ketones (excluding diaryl/α,β-unsaturated/α-hetero) is 1. The lowest BCUT2D eigenvalue weighted by molar-refractivity contribution is -0.132. The Hall–Kier alpha value is -4.33. The lowest BCUT2D eigenvalue weighted by atomic mass is 9.99. The molecule has 0 radical (unpaired) electrons. The molecule has 1 aliphatic rings. The summed E-state index contributed by atoms with van der Waals surface area (Å²) in [6.45, 7) is 0. The van der Waals surface area contributed by atoms with Gasteiger partial charge in [0, 0.05) is 11.3 Å². The molecule has 1 atom stereocenters. The highest BCUT2D eigenvalue weighted by molar-refractivity contribution is 6.51. The summed E-state index contributed by atoms with van der Waals surface area (Å²) in [5.74, 6) is -1.79. The third kappa shape index (κ3) is 3.51. The first kappa shape index (κ1) is 20.9. The minimum Gasteiger partial charge on any atom is -0.507 e. The topological polar surface area (TPSA) is 106 Å². The Morgan fingerprint density at radius 1 is 1.00 bits per heavy atom. The Labute approximate surface area is 183 Å². The molecule has 1 unspecified atom stereocenters. The minimum absolute atomic E-state index is 0.116. The summed E-state index contributed by atoms with van der Waals surface area (Å²) in [5, 5.41) is 11.0. The van der Waals surface area contributed by atoms with E-state index < -0.39 is 23.7 Å². The lowest BCUT2D eigenvalue weighted by Crippen LogP contribution is -2.29. The molecule has 0 aliphatic carbocycles. The predicted octanol–water partition coefficient (Wildman–Crippen LogP) is 3.70. The van der Waals surface area contributed by atoms with Gasteiger partial charge in [-0.05, 0) is 48.5 Å². The second-order valence-corrected chi connectivity index (χ2v) is 6.95. The molecule has 1 saturated heterocycles. The van der Waals surface area contributed by atoms with Gasteiger partial charge >= 0.3 is 5.97 Å². The van der Waals surface area contributed by atoms with Gasteiger partial charge in [-0.25, -0.2) is 4.79 Å². The van der Waals surface area contributed by atoms with Crippen molar-refractivity contribution < 1.29 is 33.4 Å². The monoisotopic (exact) mass is 433 g/mol. The summed E-state index contributed by atoms with van der Waals surface area (Å²) in [6, 6.07) is 14.8. The molecule has 0 spiro atoms. The van der Waals surface area contributed by atoms with Gasteiger partial charge in [0.15, 0.2) is 0 Å². The standard InChI is InChI=1S/C24H19NO7/c1-30-17-6-3-5-15(13-17)21(26)19-20(18-7-4-12-32-18)25(23(28)22(19)27)16-10-8-14(9-11-16)24(29)31-2/h3-13,20,26H,1-2H3/b21-19-. The molecule has 1 aliphatic heterocycles. The van der Waals surface area contributed by atoms with Crippen LogP contribution in [0.3, 0.4) is 0 Å². The van der Waals surface area contributed by atoms with Gasteiger partial charge in [-0.3, -0.25) is 14.5 Å².